The van der Waals surface area contributed by atoms with Crippen molar-refractivity contribution in [2.75, 3.05) is 18.4 Å². The second-order valence-corrected chi connectivity index (χ2v) is 7.54. The molecule has 0 unspecified atom stereocenters. The maximum atomic E-state index is 12.7. The molecule has 1 atom stereocenters. The number of aromatic nitrogens is 4. The zero-order valence-electron chi connectivity index (χ0n) is 16.9. The monoisotopic (exact) mass is 374 g/mol. The first-order valence-corrected chi connectivity index (χ1v) is 9.82. The quantitative estimate of drug-likeness (QED) is 0.835. The van der Waals surface area contributed by atoms with E-state index in [0.717, 1.165) is 55.3 Å². The largest absolute Gasteiger partial charge is 0.338 e. The van der Waals surface area contributed by atoms with Crippen molar-refractivity contribution < 1.29 is 9.32 Å². The number of aryl methyl sites for hydroxylation is 2. The molecule has 0 bridgehead atoms. The number of piperidine rings is 1. The number of likely N-dealkylation sites (tertiary alicyclic amines) is 1. The van der Waals surface area contributed by atoms with Crippen LogP contribution in [0.1, 0.15) is 75.1 Å². The maximum absolute atomic E-state index is 12.7. The minimum atomic E-state index is -0.0349. The van der Waals surface area contributed by atoms with Crippen LogP contribution >= 0.6 is 0 Å². The molecular formula is C19H30N6O2. The van der Waals surface area contributed by atoms with E-state index in [1.54, 1.807) is 0 Å². The molecule has 1 aliphatic heterocycles. The fourth-order valence-electron chi connectivity index (χ4n) is 3.63. The number of anilines is 1. The molecule has 1 fully saturated rings. The Morgan fingerprint density at radius 1 is 1.33 bits per heavy atom. The molecule has 3 heterocycles. The summed E-state index contributed by atoms with van der Waals surface area (Å²) in [7, 11) is 0. The summed E-state index contributed by atoms with van der Waals surface area (Å²) in [5.41, 5.74) is 2.64. The Bertz CT molecular complexity index is 794. The van der Waals surface area contributed by atoms with Gasteiger partial charge in [-0.15, -0.1) is 0 Å². The van der Waals surface area contributed by atoms with E-state index >= 15 is 0 Å². The minimum absolute atomic E-state index is 0.00468. The van der Waals surface area contributed by atoms with Crippen LogP contribution in [-0.2, 0) is 11.3 Å². The summed E-state index contributed by atoms with van der Waals surface area (Å²) in [6.45, 7) is 12.0. The highest BCUT2D eigenvalue weighted by molar-refractivity contribution is 5.93. The SMILES string of the molecule is CCn1nc(C)c(NC(=O)CN2CCCC[C@@H]2c2nc(C(C)C)no2)c1C. The Balaban J connectivity index is 1.70. The second kappa shape index (κ2) is 8.21. The van der Waals surface area contributed by atoms with Gasteiger partial charge >= 0.3 is 0 Å². The predicted octanol–water partition coefficient (Wildman–Crippen LogP) is 3.19. The van der Waals surface area contributed by atoms with Crippen LogP contribution in [0.15, 0.2) is 4.52 Å². The van der Waals surface area contributed by atoms with E-state index in [2.05, 4.69) is 25.5 Å². The van der Waals surface area contributed by atoms with E-state index in [1.165, 1.54) is 0 Å². The van der Waals surface area contributed by atoms with Crippen LogP contribution in [0.5, 0.6) is 0 Å². The standard InChI is InChI=1S/C19H30N6O2/c1-6-25-14(5)17(13(4)22-25)20-16(26)11-24-10-8-7-9-15(24)19-21-18(12(2)3)23-27-19/h12,15H,6-11H2,1-5H3,(H,20,26)/t15-/m1/s1. The molecule has 0 saturated carbocycles. The summed E-state index contributed by atoms with van der Waals surface area (Å²) in [5, 5.41) is 11.6. The number of carbonyl (C=O) groups is 1. The number of hydrogen-bond donors (Lipinski definition) is 1. The Hall–Kier alpha value is -2.22. The lowest BCUT2D eigenvalue weighted by Crippen LogP contribution is -2.39. The summed E-state index contributed by atoms with van der Waals surface area (Å²) in [4.78, 5) is 19.4. The lowest BCUT2D eigenvalue weighted by Gasteiger charge is -2.32. The molecule has 1 aliphatic rings. The van der Waals surface area contributed by atoms with Gasteiger partial charge in [0.1, 0.15) is 0 Å². The van der Waals surface area contributed by atoms with Gasteiger partial charge in [0.2, 0.25) is 11.8 Å². The number of carbonyl (C=O) groups excluding carboxylic acids is 1. The molecule has 0 aliphatic carbocycles. The summed E-state index contributed by atoms with van der Waals surface area (Å²) in [6.07, 6.45) is 3.10. The van der Waals surface area contributed by atoms with Crippen LogP contribution in [0.3, 0.4) is 0 Å². The van der Waals surface area contributed by atoms with Gasteiger partial charge < -0.3 is 9.84 Å². The third-order valence-electron chi connectivity index (χ3n) is 5.16. The molecule has 27 heavy (non-hydrogen) atoms. The van der Waals surface area contributed by atoms with E-state index in [0.29, 0.717) is 12.4 Å². The van der Waals surface area contributed by atoms with Gasteiger partial charge in [0, 0.05) is 12.5 Å². The van der Waals surface area contributed by atoms with Crippen LogP contribution < -0.4 is 5.32 Å². The molecule has 8 nitrogen and oxygen atoms in total. The number of hydrogen-bond acceptors (Lipinski definition) is 6. The zero-order valence-corrected chi connectivity index (χ0v) is 16.9. The number of amides is 1. The Kier molecular flexibility index (Phi) is 5.94. The first kappa shape index (κ1) is 19.5. The van der Waals surface area contributed by atoms with Gasteiger partial charge in [0.15, 0.2) is 5.82 Å². The number of nitrogens with zero attached hydrogens (tertiary/aromatic N) is 5. The first-order chi connectivity index (χ1) is 12.9. The molecular weight excluding hydrogens is 344 g/mol. The van der Waals surface area contributed by atoms with Crippen LogP contribution in [-0.4, -0.2) is 43.8 Å². The molecule has 0 spiro atoms. The highest BCUT2D eigenvalue weighted by atomic mass is 16.5. The molecule has 1 saturated heterocycles. The van der Waals surface area contributed by atoms with Crippen molar-refractivity contribution in [3.8, 4) is 0 Å². The summed E-state index contributed by atoms with van der Waals surface area (Å²) >= 11 is 0. The van der Waals surface area contributed by atoms with Gasteiger partial charge in [-0.3, -0.25) is 14.4 Å². The molecule has 8 heteroatoms. The summed E-state index contributed by atoms with van der Waals surface area (Å²) in [6, 6.07) is 0.00468. The van der Waals surface area contributed by atoms with Crippen LogP contribution in [0.2, 0.25) is 0 Å². The maximum Gasteiger partial charge on any atom is 0.244 e. The third-order valence-corrected chi connectivity index (χ3v) is 5.16. The fourth-order valence-corrected chi connectivity index (χ4v) is 3.63. The predicted molar refractivity (Wildman–Crippen MR) is 103 cm³/mol. The van der Waals surface area contributed by atoms with E-state index in [9.17, 15) is 4.79 Å². The van der Waals surface area contributed by atoms with Gasteiger partial charge in [-0.1, -0.05) is 25.4 Å². The fraction of sp³-hybridized carbons (Fsp3) is 0.684. The van der Waals surface area contributed by atoms with Gasteiger partial charge in [-0.25, -0.2) is 0 Å². The van der Waals surface area contributed by atoms with Gasteiger partial charge in [-0.05, 0) is 40.2 Å². The third kappa shape index (κ3) is 4.21. The first-order valence-electron chi connectivity index (χ1n) is 9.82. The smallest absolute Gasteiger partial charge is 0.244 e. The van der Waals surface area contributed by atoms with Crippen molar-refractivity contribution in [2.24, 2.45) is 0 Å². The van der Waals surface area contributed by atoms with Crippen LogP contribution in [0.4, 0.5) is 5.69 Å². The Morgan fingerprint density at radius 2 is 2.11 bits per heavy atom. The van der Waals surface area contributed by atoms with E-state index < -0.39 is 0 Å². The van der Waals surface area contributed by atoms with Crippen LogP contribution in [0.25, 0.3) is 0 Å². The molecule has 1 amide bonds. The van der Waals surface area contributed by atoms with E-state index in [-0.39, 0.29) is 17.9 Å². The van der Waals surface area contributed by atoms with Crippen molar-refractivity contribution in [3.05, 3.63) is 23.1 Å². The highest BCUT2D eigenvalue weighted by Gasteiger charge is 2.30. The molecule has 2 aromatic rings. The topological polar surface area (TPSA) is 89.1 Å². The molecule has 148 valence electrons. The summed E-state index contributed by atoms with van der Waals surface area (Å²) in [5.74, 6) is 1.53. The van der Waals surface area contributed by atoms with E-state index in [4.69, 9.17) is 4.52 Å². The zero-order chi connectivity index (χ0) is 19.6. The van der Waals surface area contributed by atoms with Crippen molar-refractivity contribution in [3.63, 3.8) is 0 Å². The number of nitrogens with one attached hydrogen (secondary N) is 1. The highest BCUT2D eigenvalue weighted by Crippen LogP contribution is 2.30. The molecule has 2 aromatic heterocycles. The van der Waals surface area contributed by atoms with Crippen LogP contribution in [0, 0.1) is 13.8 Å². The lowest BCUT2D eigenvalue weighted by atomic mass is 10.0. The van der Waals surface area contributed by atoms with E-state index in [1.807, 2.05) is 39.3 Å². The van der Waals surface area contributed by atoms with Crippen molar-refractivity contribution in [1.29, 1.82) is 0 Å². The Labute approximate surface area is 160 Å². The molecule has 1 N–H and O–H groups in total. The lowest BCUT2D eigenvalue weighted by molar-refractivity contribution is -0.118. The minimum Gasteiger partial charge on any atom is -0.338 e. The van der Waals surface area contributed by atoms with Crippen molar-refractivity contribution in [2.45, 2.75) is 72.4 Å². The summed E-state index contributed by atoms with van der Waals surface area (Å²) < 4.78 is 7.41. The Morgan fingerprint density at radius 3 is 2.74 bits per heavy atom. The van der Waals surface area contributed by atoms with Gasteiger partial charge in [0.25, 0.3) is 0 Å². The average molecular weight is 374 g/mol. The molecule has 0 radical (unpaired) electrons. The second-order valence-electron chi connectivity index (χ2n) is 7.54. The molecule has 0 aromatic carbocycles. The van der Waals surface area contributed by atoms with Gasteiger partial charge in [0.05, 0.1) is 29.7 Å². The van der Waals surface area contributed by atoms with Gasteiger partial charge in [-0.2, -0.15) is 10.1 Å². The molecule has 3 rings (SSSR count). The van der Waals surface area contributed by atoms with Crippen molar-refractivity contribution >= 4 is 11.6 Å². The average Bonchev–Trinajstić information content (AvgIpc) is 3.23. The number of rotatable bonds is 6. The normalized spacial score (nSPS) is 18.2. The van der Waals surface area contributed by atoms with Crippen molar-refractivity contribution in [1.82, 2.24) is 24.8 Å².